The monoisotopic (exact) mass is 249 g/mol. The molecule has 0 saturated heterocycles. The van der Waals surface area contributed by atoms with Crippen molar-refractivity contribution in [3.8, 4) is 0 Å². The number of thiophene rings is 1. The van der Waals surface area contributed by atoms with E-state index in [9.17, 15) is 18.4 Å². The van der Waals surface area contributed by atoms with E-state index in [1.807, 2.05) is 5.32 Å². The Balaban J connectivity index is 3.10. The van der Waals surface area contributed by atoms with Gasteiger partial charge in [0.1, 0.15) is 5.00 Å². The van der Waals surface area contributed by atoms with E-state index in [2.05, 4.69) is 0 Å². The number of carbonyl (C=O) groups excluding carboxylic acids is 1. The van der Waals surface area contributed by atoms with Gasteiger partial charge in [-0.15, -0.1) is 11.3 Å². The fourth-order valence-corrected chi connectivity index (χ4v) is 2.19. The van der Waals surface area contributed by atoms with Crippen LogP contribution in [0.15, 0.2) is 0 Å². The Morgan fingerprint density at radius 3 is 2.38 bits per heavy atom. The van der Waals surface area contributed by atoms with Crippen LogP contribution >= 0.6 is 11.3 Å². The number of hydrogen-bond acceptors (Lipinski definition) is 3. The van der Waals surface area contributed by atoms with Crippen LogP contribution in [-0.2, 0) is 4.79 Å². The second-order valence-corrected chi connectivity index (χ2v) is 4.31. The third kappa shape index (κ3) is 2.35. The fraction of sp³-hybridized carbons (Fsp3) is 0.333. The molecule has 0 radical (unpaired) electrons. The molecule has 0 spiro atoms. The van der Waals surface area contributed by atoms with Gasteiger partial charge in [0.2, 0.25) is 0 Å². The third-order valence-corrected chi connectivity index (χ3v) is 3.16. The molecule has 88 valence electrons. The van der Waals surface area contributed by atoms with Crippen LogP contribution < -0.4 is 5.32 Å². The smallest absolute Gasteiger partial charge is 0.338 e. The highest BCUT2D eigenvalue weighted by Crippen LogP contribution is 2.32. The molecule has 1 rings (SSSR count). The van der Waals surface area contributed by atoms with E-state index >= 15 is 0 Å². The molecule has 1 heterocycles. The Kier molecular flexibility index (Phi) is 3.58. The first kappa shape index (κ1) is 12.6. The lowest BCUT2D eigenvalue weighted by molar-refractivity contribution is -0.126. The number of nitrogens with one attached hydrogen (secondary N) is 1. The Morgan fingerprint density at radius 1 is 1.38 bits per heavy atom. The van der Waals surface area contributed by atoms with Crippen LogP contribution in [0.4, 0.5) is 13.8 Å². The maximum absolute atomic E-state index is 12.0. The molecular formula is C9H9F2NO3S. The summed E-state index contributed by atoms with van der Waals surface area (Å²) in [5.41, 5.74) is 0.346. The Hall–Kier alpha value is -1.50. The van der Waals surface area contributed by atoms with E-state index in [-0.39, 0.29) is 10.6 Å². The number of halogens is 2. The molecule has 0 saturated carbocycles. The lowest BCUT2D eigenvalue weighted by Crippen LogP contribution is -2.20. The number of aryl methyl sites for hydroxylation is 1. The average molecular weight is 249 g/mol. The molecule has 0 bridgehead atoms. The summed E-state index contributed by atoms with van der Waals surface area (Å²) in [5, 5.41) is 10.7. The van der Waals surface area contributed by atoms with E-state index in [0.29, 0.717) is 10.4 Å². The number of rotatable bonds is 3. The van der Waals surface area contributed by atoms with E-state index in [4.69, 9.17) is 5.11 Å². The number of aromatic carboxylic acids is 1. The Bertz CT molecular complexity index is 442. The summed E-state index contributed by atoms with van der Waals surface area (Å²) < 4.78 is 24.0. The van der Waals surface area contributed by atoms with E-state index in [1.165, 1.54) is 0 Å². The van der Waals surface area contributed by atoms with Gasteiger partial charge in [-0.2, -0.15) is 8.78 Å². The maximum Gasteiger partial charge on any atom is 0.338 e. The van der Waals surface area contributed by atoms with Gasteiger partial charge in [-0.05, 0) is 19.4 Å². The van der Waals surface area contributed by atoms with Gasteiger partial charge in [-0.3, -0.25) is 4.79 Å². The van der Waals surface area contributed by atoms with Crippen LogP contribution in [0.25, 0.3) is 0 Å². The molecule has 1 amide bonds. The van der Waals surface area contributed by atoms with E-state index < -0.39 is 18.3 Å². The largest absolute Gasteiger partial charge is 0.478 e. The standard InChI is InChI=1S/C9H9F2NO3S/c1-3-4(2)16-8(5(3)9(14)15)12-7(13)6(10)11/h6H,1-2H3,(H,12,13)(H,14,15). The van der Waals surface area contributed by atoms with Gasteiger partial charge >= 0.3 is 12.4 Å². The zero-order chi connectivity index (χ0) is 12.5. The first-order chi connectivity index (χ1) is 7.34. The van der Waals surface area contributed by atoms with Crippen LogP contribution in [0.1, 0.15) is 20.8 Å². The van der Waals surface area contributed by atoms with Gasteiger partial charge in [0.05, 0.1) is 5.56 Å². The zero-order valence-electron chi connectivity index (χ0n) is 8.51. The normalized spacial score (nSPS) is 10.6. The number of alkyl halides is 2. The molecule has 0 aliphatic carbocycles. The van der Waals surface area contributed by atoms with Crippen LogP contribution in [-0.4, -0.2) is 23.4 Å². The van der Waals surface area contributed by atoms with Crippen molar-refractivity contribution in [2.45, 2.75) is 20.3 Å². The first-order valence-corrected chi connectivity index (χ1v) is 5.08. The third-order valence-electron chi connectivity index (χ3n) is 2.03. The molecule has 0 aromatic carbocycles. The van der Waals surface area contributed by atoms with Crippen molar-refractivity contribution in [2.24, 2.45) is 0 Å². The molecule has 0 unspecified atom stereocenters. The van der Waals surface area contributed by atoms with E-state index in [1.54, 1.807) is 13.8 Å². The second kappa shape index (κ2) is 4.56. The van der Waals surface area contributed by atoms with Crippen molar-refractivity contribution in [3.05, 3.63) is 16.0 Å². The summed E-state index contributed by atoms with van der Waals surface area (Å²) in [6, 6.07) is 0. The minimum Gasteiger partial charge on any atom is -0.478 e. The summed E-state index contributed by atoms with van der Waals surface area (Å²) in [7, 11) is 0. The highest BCUT2D eigenvalue weighted by Gasteiger charge is 2.23. The quantitative estimate of drug-likeness (QED) is 0.863. The Morgan fingerprint density at radius 2 is 1.94 bits per heavy atom. The molecular weight excluding hydrogens is 240 g/mol. The maximum atomic E-state index is 12.0. The molecule has 1 aromatic rings. The Labute approximate surface area is 93.9 Å². The van der Waals surface area contributed by atoms with Gasteiger partial charge in [0, 0.05) is 4.88 Å². The summed E-state index contributed by atoms with van der Waals surface area (Å²) >= 11 is 0.969. The average Bonchev–Trinajstić information content (AvgIpc) is 2.42. The molecule has 7 heteroatoms. The number of carboxylic acid groups (broad SMARTS) is 1. The van der Waals surface area contributed by atoms with Crippen molar-refractivity contribution in [1.82, 2.24) is 0 Å². The van der Waals surface area contributed by atoms with Crippen molar-refractivity contribution in [2.75, 3.05) is 5.32 Å². The van der Waals surface area contributed by atoms with Crippen molar-refractivity contribution >= 4 is 28.2 Å². The number of amides is 1. The van der Waals surface area contributed by atoms with Gasteiger partial charge in [0.25, 0.3) is 5.91 Å². The van der Waals surface area contributed by atoms with Gasteiger partial charge in [-0.1, -0.05) is 0 Å². The number of carboxylic acids is 1. The zero-order valence-corrected chi connectivity index (χ0v) is 9.32. The lowest BCUT2D eigenvalue weighted by Gasteiger charge is -2.02. The summed E-state index contributed by atoms with van der Waals surface area (Å²) in [5.74, 6) is -2.74. The number of hydrogen-bond donors (Lipinski definition) is 2. The molecule has 0 atom stereocenters. The second-order valence-electron chi connectivity index (χ2n) is 3.08. The predicted molar refractivity (Wildman–Crippen MR) is 55.4 cm³/mol. The van der Waals surface area contributed by atoms with Crippen molar-refractivity contribution in [3.63, 3.8) is 0 Å². The summed E-state index contributed by atoms with van der Waals surface area (Å²) in [4.78, 5) is 22.3. The number of carbonyl (C=O) groups is 2. The molecule has 0 fully saturated rings. The molecule has 0 aliphatic heterocycles. The van der Waals surface area contributed by atoms with Crippen LogP contribution in [0, 0.1) is 13.8 Å². The lowest BCUT2D eigenvalue weighted by atomic mass is 10.1. The fourth-order valence-electron chi connectivity index (χ4n) is 1.14. The predicted octanol–water partition coefficient (Wildman–Crippen LogP) is 2.27. The van der Waals surface area contributed by atoms with Gasteiger partial charge in [0.15, 0.2) is 0 Å². The highest BCUT2D eigenvalue weighted by atomic mass is 32.1. The first-order valence-electron chi connectivity index (χ1n) is 4.27. The van der Waals surface area contributed by atoms with E-state index in [0.717, 1.165) is 11.3 Å². The van der Waals surface area contributed by atoms with Crippen LogP contribution in [0.5, 0.6) is 0 Å². The molecule has 16 heavy (non-hydrogen) atoms. The molecule has 1 aromatic heterocycles. The van der Waals surface area contributed by atoms with Gasteiger partial charge < -0.3 is 10.4 Å². The number of anilines is 1. The SMILES string of the molecule is Cc1sc(NC(=O)C(F)F)c(C(=O)O)c1C. The molecule has 0 aliphatic rings. The summed E-state index contributed by atoms with van der Waals surface area (Å²) in [6.45, 7) is 3.22. The van der Waals surface area contributed by atoms with Crippen LogP contribution in [0.3, 0.4) is 0 Å². The van der Waals surface area contributed by atoms with Gasteiger partial charge in [-0.25, -0.2) is 4.79 Å². The summed E-state index contributed by atoms with van der Waals surface area (Å²) in [6.07, 6.45) is -3.16. The minimum atomic E-state index is -3.16. The van der Waals surface area contributed by atoms with Crippen molar-refractivity contribution < 1.29 is 23.5 Å². The van der Waals surface area contributed by atoms with Crippen LogP contribution in [0.2, 0.25) is 0 Å². The van der Waals surface area contributed by atoms with Crippen molar-refractivity contribution in [1.29, 1.82) is 0 Å². The minimum absolute atomic E-state index is 0.0483. The molecule has 4 nitrogen and oxygen atoms in total. The molecule has 2 N–H and O–H groups in total. The topological polar surface area (TPSA) is 66.4 Å². The highest BCUT2D eigenvalue weighted by molar-refractivity contribution is 7.16.